The molecule has 1 aliphatic heterocycles. The van der Waals surface area contributed by atoms with Crippen molar-refractivity contribution in [1.82, 2.24) is 4.90 Å². The van der Waals surface area contributed by atoms with Crippen LogP contribution in [0.15, 0.2) is 11.6 Å². The van der Waals surface area contributed by atoms with Gasteiger partial charge in [-0.3, -0.25) is 4.90 Å². The van der Waals surface area contributed by atoms with Gasteiger partial charge in [-0.2, -0.15) is 0 Å². The number of rotatable bonds is 2. The van der Waals surface area contributed by atoms with Crippen LogP contribution in [0.5, 0.6) is 0 Å². The van der Waals surface area contributed by atoms with Crippen molar-refractivity contribution in [2.45, 2.75) is 39.2 Å². The third-order valence-corrected chi connectivity index (χ3v) is 3.72. The van der Waals surface area contributed by atoms with E-state index >= 15 is 0 Å². The molecule has 2 heteroatoms. The first kappa shape index (κ1) is 11.2. The van der Waals surface area contributed by atoms with Gasteiger partial charge in [0, 0.05) is 19.1 Å². The highest BCUT2D eigenvalue weighted by Crippen LogP contribution is 2.27. The quantitative estimate of drug-likeness (QED) is 0.648. The maximum atomic E-state index is 5.39. The van der Waals surface area contributed by atoms with E-state index in [1.54, 1.807) is 5.57 Å². The van der Waals surface area contributed by atoms with Gasteiger partial charge in [0.05, 0.1) is 13.2 Å². The van der Waals surface area contributed by atoms with E-state index in [9.17, 15) is 0 Å². The second-order valence-electron chi connectivity index (χ2n) is 5.01. The van der Waals surface area contributed by atoms with Crippen LogP contribution in [0.2, 0.25) is 0 Å². The van der Waals surface area contributed by atoms with Crippen LogP contribution in [-0.2, 0) is 4.74 Å². The monoisotopic (exact) mass is 209 g/mol. The standard InChI is InChI=1S/C13H23NO/c1-11(2)12-3-5-13(6-4-12)14-7-9-15-10-8-14/h3,11,13H,4-10H2,1-2H3. The summed E-state index contributed by atoms with van der Waals surface area (Å²) in [7, 11) is 0. The van der Waals surface area contributed by atoms with Gasteiger partial charge in [-0.25, -0.2) is 0 Å². The molecule has 0 aromatic heterocycles. The van der Waals surface area contributed by atoms with E-state index in [0.29, 0.717) is 0 Å². The Balaban J connectivity index is 1.86. The molecule has 1 atom stereocenters. The number of ether oxygens (including phenoxy) is 1. The van der Waals surface area contributed by atoms with Crippen molar-refractivity contribution in [3.63, 3.8) is 0 Å². The molecular formula is C13H23NO. The number of hydrogen-bond acceptors (Lipinski definition) is 2. The van der Waals surface area contributed by atoms with Gasteiger partial charge < -0.3 is 4.74 Å². The molecule has 0 spiro atoms. The Morgan fingerprint density at radius 2 is 2.07 bits per heavy atom. The van der Waals surface area contributed by atoms with Crippen molar-refractivity contribution in [3.05, 3.63) is 11.6 Å². The Bertz CT molecular complexity index is 229. The summed E-state index contributed by atoms with van der Waals surface area (Å²) in [5, 5.41) is 0. The van der Waals surface area contributed by atoms with Gasteiger partial charge in [-0.05, 0) is 25.2 Å². The maximum Gasteiger partial charge on any atom is 0.0594 e. The van der Waals surface area contributed by atoms with Gasteiger partial charge in [0.2, 0.25) is 0 Å². The Labute approximate surface area is 93.3 Å². The van der Waals surface area contributed by atoms with Crippen molar-refractivity contribution < 1.29 is 4.74 Å². The molecule has 0 N–H and O–H groups in total. The van der Waals surface area contributed by atoms with Crippen LogP contribution in [-0.4, -0.2) is 37.2 Å². The second-order valence-corrected chi connectivity index (χ2v) is 5.01. The van der Waals surface area contributed by atoms with E-state index in [-0.39, 0.29) is 0 Å². The molecular weight excluding hydrogens is 186 g/mol. The van der Waals surface area contributed by atoms with Crippen LogP contribution in [0.3, 0.4) is 0 Å². The van der Waals surface area contributed by atoms with Gasteiger partial charge in [-0.1, -0.05) is 25.5 Å². The summed E-state index contributed by atoms with van der Waals surface area (Å²) < 4.78 is 5.39. The molecule has 0 aromatic rings. The molecule has 0 saturated carbocycles. The minimum Gasteiger partial charge on any atom is -0.379 e. The fraction of sp³-hybridized carbons (Fsp3) is 0.846. The van der Waals surface area contributed by atoms with E-state index in [1.165, 1.54) is 19.3 Å². The van der Waals surface area contributed by atoms with Crippen LogP contribution < -0.4 is 0 Å². The van der Waals surface area contributed by atoms with Gasteiger partial charge in [0.25, 0.3) is 0 Å². The lowest BCUT2D eigenvalue weighted by Gasteiger charge is -2.36. The minimum absolute atomic E-state index is 0.746. The summed E-state index contributed by atoms with van der Waals surface area (Å²) in [5.74, 6) is 0.746. The van der Waals surface area contributed by atoms with Crippen molar-refractivity contribution in [1.29, 1.82) is 0 Å². The van der Waals surface area contributed by atoms with E-state index in [4.69, 9.17) is 4.74 Å². The Kier molecular flexibility index (Phi) is 3.81. The molecule has 0 bridgehead atoms. The topological polar surface area (TPSA) is 12.5 Å². The number of morpholine rings is 1. The summed E-state index contributed by atoms with van der Waals surface area (Å²) in [6, 6.07) is 0.788. The molecule has 0 amide bonds. The minimum atomic E-state index is 0.746. The molecule has 1 unspecified atom stereocenters. The second kappa shape index (κ2) is 5.13. The van der Waals surface area contributed by atoms with Crippen molar-refractivity contribution in [3.8, 4) is 0 Å². The third kappa shape index (κ3) is 2.82. The molecule has 1 heterocycles. The Morgan fingerprint density at radius 3 is 2.60 bits per heavy atom. The normalized spacial score (nSPS) is 29.3. The SMILES string of the molecule is CC(C)C1=CCC(N2CCOCC2)CC1. The van der Waals surface area contributed by atoms with Gasteiger partial charge >= 0.3 is 0 Å². The number of hydrogen-bond donors (Lipinski definition) is 0. The van der Waals surface area contributed by atoms with Gasteiger partial charge in [-0.15, -0.1) is 0 Å². The molecule has 2 nitrogen and oxygen atoms in total. The van der Waals surface area contributed by atoms with Crippen LogP contribution in [0.4, 0.5) is 0 Å². The first-order chi connectivity index (χ1) is 7.27. The molecule has 15 heavy (non-hydrogen) atoms. The smallest absolute Gasteiger partial charge is 0.0594 e. The highest BCUT2D eigenvalue weighted by atomic mass is 16.5. The van der Waals surface area contributed by atoms with Crippen LogP contribution in [0.25, 0.3) is 0 Å². The zero-order chi connectivity index (χ0) is 10.7. The molecule has 2 rings (SSSR count). The summed E-state index contributed by atoms with van der Waals surface area (Å²) >= 11 is 0. The summed E-state index contributed by atoms with van der Waals surface area (Å²) in [4.78, 5) is 2.61. The lowest BCUT2D eigenvalue weighted by Crippen LogP contribution is -2.44. The zero-order valence-electron chi connectivity index (χ0n) is 10.0. The lowest BCUT2D eigenvalue weighted by atomic mass is 9.88. The van der Waals surface area contributed by atoms with E-state index in [2.05, 4.69) is 24.8 Å². The molecule has 2 aliphatic rings. The predicted octanol–water partition coefficient (Wildman–Crippen LogP) is 2.45. The average molecular weight is 209 g/mol. The van der Waals surface area contributed by atoms with Gasteiger partial charge in [0.15, 0.2) is 0 Å². The molecule has 1 aliphatic carbocycles. The lowest BCUT2D eigenvalue weighted by molar-refractivity contribution is 0.0143. The fourth-order valence-electron chi connectivity index (χ4n) is 2.64. The van der Waals surface area contributed by atoms with Crippen molar-refractivity contribution in [2.24, 2.45) is 5.92 Å². The third-order valence-electron chi connectivity index (χ3n) is 3.72. The molecule has 1 saturated heterocycles. The predicted molar refractivity (Wildman–Crippen MR) is 63.0 cm³/mol. The zero-order valence-corrected chi connectivity index (χ0v) is 10.0. The first-order valence-corrected chi connectivity index (χ1v) is 6.28. The summed E-state index contributed by atoms with van der Waals surface area (Å²) in [5.41, 5.74) is 1.67. The highest BCUT2D eigenvalue weighted by molar-refractivity contribution is 5.10. The average Bonchev–Trinajstić information content (AvgIpc) is 2.30. The first-order valence-electron chi connectivity index (χ1n) is 6.28. The number of nitrogens with zero attached hydrogens (tertiary/aromatic N) is 1. The van der Waals surface area contributed by atoms with Crippen molar-refractivity contribution >= 4 is 0 Å². The van der Waals surface area contributed by atoms with Gasteiger partial charge in [0.1, 0.15) is 0 Å². The summed E-state index contributed by atoms with van der Waals surface area (Å²) in [6.07, 6.45) is 6.39. The highest BCUT2D eigenvalue weighted by Gasteiger charge is 2.23. The fourth-order valence-corrected chi connectivity index (χ4v) is 2.64. The molecule has 86 valence electrons. The number of allylic oxidation sites excluding steroid dienone is 1. The Morgan fingerprint density at radius 1 is 1.33 bits per heavy atom. The van der Waals surface area contributed by atoms with Crippen LogP contribution >= 0.6 is 0 Å². The van der Waals surface area contributed by atoms with E-state index in [0.717, 1.165) is 38.3 Å². The van der Waals surface area contributed by atoms with E-state index < -0.39 is 0 Å². The van der Waals surface area contributed by atoms with E-state index in [1.807, 2.05) is 0 Å². The van der Waals surface area contributed by atoms with Crippen molar-refractivity contribution in [2.75, 3.05) is 26.3 Å². The largest absolute Gasteiger partial charge is 0.379 e. The molecule has 1 fully saturated rings. The van der Waals surface area contributed by atoms with Crippen LogP contribution in [0.1, 0.15) is 33.1 Å². The molecule has 0 radical (unpaired) electrons. The van der Waals surface area contributed by atoms with Crippen LogP contribution in [0, 0.1) is 5.92 Å². The Hall–Kier alpha value is -0.340. The maximum absolute atomic E-state index is 5.39. The summed E-state index contributed by atoms with van der Waals surface area (Å²) in [6.45, 7) is 8.74. The molecule has 0 aromatic carbocycles.